The number of piperidine rings is 1. The highest BCUT2D eigenvalue weighted by Crippen LogP contribution is 2.26. The zero-order valence-corrected chi connectivity index (χ0v) is 15.1. The van der Waals surface area contributed by atoms with Crippen LogP contribution in [-0.2, 0) is 0 Å². The van der Waals surface area contributed by atoms with Crippen molar-refractivity contribution in [2.24, 2.45) is 5.92 Å². The molecule has 6 heteroatoms. The van der Waals surface area contributed by atoms with Crippen molar-refractivity contribution in [2.75, 3.05) is 38.6 Å². The van der Waals surface area contributed by atoms with E-state index in [9.17, 15) is 4.79 Å². The number of amides is 1. The normalized spacial score (nSPS) is 18.3. The zero-order chi connectivity index (χ0) is 16.9. The smallest absolute Gasteiger partial charge is 0.270 e. The van der Waals surface area contributed by atoms with Crippen molar-refractivity contribution in [3.63, 3.8) is 0 Å². The number of carbonyl (C=O) groups excluding carboxylic acids is 1. The predicted molar refractivity (Wildman–Crippen MR) is 99.2 cm³/mol. The maximum absolute atomic E-state index is 12.3. The summed E-state index contributed by atoms with van der Waals surface area (Å²) >= 11 is 1.49. The monoisotopic (exact) mass is 344 g/mol. The van der Waals surface area contributed by atoms with Crippen LogP contribution >= 0.6 is 11.3 Å². The third-order valence-corrected chi connectivity index (χ3v) is 5.35. The fourth-order valence-electron chi connectivity index (χ4n) is 3.05. The van der Waals surface area contributed by atoms with Crippen LogP contribution in [0.2, 0.25) is 0 Å². The standard InChI is InChI=1S/C18H24N4OS/c1-21-10-6-7-14(12-21)11-19-17(23)16-13-24-18(20-16)22(2)15-8-4-3-5-9-15/h3-5,8-9,13-14H,6-7,10-12H2,1-2H3,(H,19,23)/t14-/m0/s1. The summed E-state index contributed by atoms with van der Waals surface area (Å²) < 4.78 is 0. The molecule has 1 atom stereocenters. The predicted octanol–water partition coefficient (Wildman–Crippen LogP) is 2.98. The van der Waals surface area contributed by atoms with Crippen molar-refractivity contribution in [1.29, 1.82) is 0 Å². The van der Waals surface area contributed by atoms with Gasteiger partial charge in [-0.3, -0.25) is 4.79 Å². The highest BCUT2D eigenvalue weighted by atomic mass is 32.1. The van der Waals surface area contributed by atoms with Gasteiger partial charge in [-0.05, 0) is 44.5 Å². The lowest BCUT2D eigenvalue weighted by molar-refractivity contribution is 0.0932. The van der Waals surface area contributed by atoms with E-state index in [1.807, 2.05) is 47.7 Å². The number of thiazole rings is 1. The van der Waals surface area contributed by atoms with Crippen LogP contribution in [-0.4, -0.2) is 49.5 Å². The van der Waals surface area contributed by atoms with Crippen LogP contribution in [0.5, 0.6) is 0 Å². The van der Waals surface area contributed by atoms with Gasteiger partial charge >= 0.3 is 0 Å². The molecule has 2 heterocycles. The summed E-state index contributed by atoms with van der Waals surface area (Å²) in [5, 5.41) is 5.69. The molecule has 1 saturated heterocycles. The summed E-state index contributed by atoms with van der Waals surface area (Å²) in [7, 11) is 4.10. The Morgan fingerprint density at radius 1 is 1.42 bits per heavy atom. The highest BCUT2D eigenvalue weighted by Gasteiger charge is 2.19. The van der Waals surface area contributed by atoms with E-state index in [1.54, 1.807) is 0 Å². The molecule has 0 aliphatic carbocycles. The van der Waals surface area contributed by atoms with E-state index in [2.05, 4.69) is 22.2 Å². The fraction of sp³-hybridized carbons (Fsp3) is 0.444. The van der Waals surface area contributed by atoms with Crippen LogP contribution in [0.15, 0.2) is 35.7 Å². The van der Waals surface area contributed by atoms with Crippen molar-refractivity contribution < 1.29 is 4.79 Å². The lowest BCUT2D eigenvalue weighted by Gasteiger charge is -2.29. The minimum Gasteiger partial charge on any atom is -0.350 e. The SMILES string of the molecule is CN1CCC[C@@H](CNC(=O)c2csc(N(C)c3ccccc3)n2)C1. The number of hydrogen-bond donors (Lipinski definition) is 1. The molecule has 0 spiro atoms. The number of nitrogens with zero attached hydrogens (tertiary/aromatic N) is 3. The van der Waals surface area contributed by atoms with E-state index >= 15 is 0 Å². The third kappa shape index (κ3) is 4.13. The van der Waals surface area contributed by atoms with Gasteiger partial charge in [0.05, 0.1) is 0 Å². The quantitative estimate of drug-likeness (QED) is 0.906. The fourth-order valence-corrected chi connectivity index (χ4v) is 3.84. The van der Waals surface area contributed by atoms with Crippen LogP contribution in [0.25, 0.3) is 0 Å². The Balaban J connectivity index is 1.57. The maximum atomic E-state index is 12.3. The summed E-state index contributed by atoms with van der Waals surface area (Å²) in [5.74, 6) is 0.463. The third-order valence-electron chi connectivity index (χ3n) is 4.43. The molecule has 1 aromatic heterocycles. The van der Waals surface area contributed by atoms with Gasteiger partial charge in [-0.2, -0.15) is 0 Å². The molecular formula is C18H24N4OS. The molecule has 1 aliphatic heterocycles. The van der Waals surface area contributed by atoms with Gasteiger partial charge in [-0.1, -0.05) is 18.2 Å². The molecule has 0 radical (unpaired) electrons. The number of para-hydroxylation sites is 1. The molecule has 2 aromatic rings. The molecule has 24 heavy (non-hydrogen) atoms. The van der Waals surface area contributed by atoms with E-state index in [-0.39, 0.29) is 5.91 Å². The van der Waals surface area contributed by atoms with Crippen molar-refractivity contribution in [3.8, 4) is 0 Å². The number of aromatic nitrogens is 1. The lowest BCUT2D eigenvalue weighted by atomic mass is 9.98. The average Bonchev–Trinajstić information content (AvgIpc) is 3.10. The van der Waals surface area contributed by atoms with Gasteiger partial charge in [0.15, 0.2) is 5.13 Å². The Labute approximate surface area is 147 Å². The van der Waals surface area contributed by atoms with Crippen LogP contribution in [0, 0.1) is 5.92 Å². The Hall–Kier alpha value is -1.92. The first-order valence-corrected chi connectivity index (χ1v) is 9.22. The largest absolute Gasteiger partial charge is 0.350 e. The lowest BCUT2D eigenvalue weighted by Crippen LogP contribution is -2.39. The Morgan fingerprint density at radius 3 is 2.96 bits per heavy atom. The topological polar surface area (TPSA) is 48.5 Å². The van der Waals surface area contributed by atoms with Crippen LogP contribution in [0.4, 0.5) is 10.8 Å². The van der Waals surface area contributed by atoms with Gasteiger partial charge in [0.25, 0.3) is 5.91 Å². The van der Waals surface area contributed by atoms with E-state index < -0.39 is 0 Å². The van der Waals surface area contributed by atoms with E-state index in [0.29, 0.717) is 11.6 Å². The first-order chi connectivity index (χ1) is 11.6. The van der Waals surface area contributed by atoms with Crippen molar-refractivity contribution in [2.45, 2.75) is 12.8 Å². The summed E-state index contributed by atoms with van der Waals surface area (Å²) in [6.45, 7) is 2.94. The minimum atomic E-state index is -0.0767. The summed E-state index contributed by atoms with van der Waals surface area (Å²) in [4.78, 5) is 21.2. The van der Waals surface area contributed by atoms with Crippen LogP contribution < -0.4 is 10.2 Å². The molecule has 0 bridgehead atoms. The molecule has 1 amide bonds. The maximum Gasteiger partial charge on any atom is 0.270 e. The van der Waals surface area contributed by atoms with Crippen molar-refractivity contribution in [1.82, 2.24) is 15.2 Å². The van der Waals surface area contributed by atoms with Crippen molar-refractivity contribution >= 4 is 28.1 Å². The second kappa shape index (κ2) is 7.77. The molecule has 5 nitrogen and oxygen atoms in total. The number of rotatable bonds is 5. The van der Waals surface area contributed by atoms with Gasteiger partial charge in [0.2, 0.25) is 0 Å². The van der Waals surface area contributed by atoms with E-state index in [4.69, 9.17) is 0 Å². The van der Waals surface area contributed by atoms with Gasteiger partial charge in [-0.15, -0.1) is 11.3 Å². The van der Waals surface area contributed by atoms with E-state index in [0.717, 1.165) is 30.5 Å². The van der Waals surface area contributed by atoms with Gasteiger partial charge < -0.3 is 15.1 Å². The van der Waals surface area contributed by atoms with Gasteiger partial charge in [0, 0.05) is 31.2 Å². The second-order valence-corrected chi connectivity index (χ2v) is 7.23. The summed E-state index contributed by atoms with van der Waals surface area (Å²) in [6, 6.07) is 10.0. The van der Waals surface area contributed by atoms with Crippen LogP contribution in [0.3, 0.4) is 0 Å². The second-order valence-electron chi connectivity index (χ2n) is 6.39. The number of hydrogen-bond acceptors (Lipinski definition) is 5. The highest BCUT2D eigenvalue weighted by molar-refractivity contribution is 7.14. The van der Waals surface area contributed by atoms with Crippen LogP contribution in [0.1, 0.15) is 23.3 Å². The molecule has 1 fully saturated rings. The number of benzene rings is 1. The molecule has 3 rings (SSSR count). The first-order valence-electron chi connectivity index (χ1n) is 8.34. The van der Waals surface area contributed by atoms with Gasteiger partial charge in [-0.25, -0.2) is 4.98 Å². The Bertz CT molecular complexity index is 673. The van der Waals surface area contributed by atoms with Crippen molar-refractivity contribution in [3.05, 3.63) is 41.4 Å². The zero-order valence-electron chi connectivity index (χ0n) is 14.2. The molecule has 1 N–H and O–H groups in total. The molecule has 0 unspecified atom stereocenters. The molecule has 1 aliphatic rings. The summed E-state index contributed by atoms with van der Waals surface area (Å²) in [5.41, 5.74) is 1.56. The minimum absolute atomic E-state index is 0.0767. The molecule has 1 aromatic carbocycles. The average molecular weight is 344 g/mol. The number of carbonyl (C=O) groups is 1. The van der Waals surface area contributed by atoms with E-state index in [1.165, 1.54) is 24.2 Å². The van der Waals surface area contributed by atoms with Gasteiger partial charge in [0.1, 0.15) is 5.69 Å². The number of likely N-dealkylation sites (tertiary alicyclic amines) is 1. The Morgan fingerprint density at radius 2 is 2.21 bits per heavy atom. The molecule has 128 valence electrons. The first kappa shape index (κ1) is 16.9. The summed E-state index contributed by atoms with van der Waals surface area (Å²) in [6.07, 6.45) is 2.39. The number of anilines is 2. The molecular weight excluding hydrogens is 320 g/mol. The number of nitrogens with one attached hydrogen (secondary N) is 1. The molecule has 0 saturated carbocycles. The Kier molecular flexibility index (Phi) is 5.48.